The normalized spacial score (nSPS) is 8.29. The summed E-state index contributed by atoms with van der Waals surface area (Å²) in [7, 11) is -3.97. The maximum absolute atomic E-state index is 9.05. The second-order valence-electron chi connectivity index (χ2n) is 0.448. The van der Waals surface area contributed by atoms with Crippen molar-refractivity contribution >= 4 is 76.6 Å². The Kier molecular flexibility index (Phi) is 14.4. The van der Waals surface area contributed by atoms with Crippen molar-refractivity contribution in [1.29, 1.82) is 0 Å². The SMILES string of the molecule is O=S(=O)(O)S.[BiH3].[NaH]. The Balaban J connectivity index is -0.0000000800. The molecule has 0 rings (SSSR count). The van der Waals surface area contributed by atoms with Crippen molar-refractivity contribution in [3.8, 4) is 0 Å². The molecule has 42 valence electrons. The number of rotatable bonds is 0. The molecule has 0 heterocycles. The molecule has 0 spiro atoms. The molecule has 0 amide bonds. The zero-order chi connectivity index (χ0) is 4.50. The molecule has 0 bridgehead atoms. The topological polar surface area (TPSA) is 54.4 Å². The van der Waals surface area contributed by atoms with Gasteiger partial charge in [-0.05, 0) is 11.7 Å². The minimum atomic E-state index is -3.97. The van der Waals surface area contributed by atoms with Crippen molar-refractivity contribution in [3.05, 3.63) is 0 Å². The molecule has 0 aliphatic heterocycles. The van der Waals surface area contributed by atoms with Crippen LogP contribution in [0.25, 0.3) is 0 Å². The van der Waals surface area contributed by atoms with Crippen LogP contribution in [-0.4, -0.2) is 68.7 Å². The number of hydrogen-bond acceptors (Lipinski definition) is 2. The maximum atomic E-state index is 9.05. The fourth-order valence-electron chi connectivity index (χ4n) is 0. The Morgan fingerprint density at radius 2 is 1.43 bits per heavy atom. The van der Waals surface area contributed by atoms with Crippen LogP contribution in [0.4, 0.5) is 0 Å². The molecular formula is H6BiNaO3S2. The quantitative estimate of drug-likeness (QED) is 0.228. The van der Waals surface area contributed by atoms with Crippen LogP contribution in [0.2, 0.25) is 0 Å². The van der Waals surface area contributed by atoms with Gasteiger partial charge in [0.25, 0.3) is 0 Å². The standard InChI is InChI=1S/Bi.Na.H2O3S2.4H/c;;1-5(2,3)4;;;;/h;;(H2,1,2,3,4);;;;. The van der Waals surface area contributed by atoms with E-state index in [4.69, 9.17) is 13.0 Å². The molecule has 0 atom stereocenters. The summed E-state index contributed by atoms with van der Waals surface area (Å²) in [5, 5.41) is 0. The van der Waals surface area contributed by atoms with Crippen molar-refractivity contribution in [2.24, 2.45) is 0 Å². The molecule has 0 saturated heterocycles. The Morgan fingerprint density at radius 1 is 1.43 bits per heavy atom. The van der Waals surface area contributed by atoms with Crippen LogP contribution < -0.4 is 0 Å². The van der Waals surface area contributed by atoms with Gasteiger partial charge in [-0.1, -0.05) is 0 Å². The van der Waals surface area contributed by atoms with Gasteiger partial charge in [0.05, 0.1) is 0 Å². The van der Waals surface area contributed by atoms with Gasteiger partial charge in [-0.3, -0.25) is 4.55 Å². The summed E-state index contributed by atoms with van der Waals surface area (Å²) in [5.41, 5.74) is 0. The second kappa shape index (κ2) is 6.27. The molecule has 0 saturated carbocycles. The minimum absolute atomic E-state index is 0. The van der Waals surface area contributed by atoms with E-state index in [2.05, 4.69) is 11.7 Å². The van der Waals surface area contributed by atoms with E-state index in [9.17, 15) is 0 Å². The fourth-order valence-corrected chi connectivity index (χ4v) is 0. The van der Waals surface area contributed by atoms with Gasteiger partial charge in [0.1, 0.15) is 0 Å². The van der Waals surface area contributed by atoms with Crippen molar-refractivity contribution in [2.45, 2.75) is 0 Å². The average molecular weight is 350 g/mol. The first-order valence-corrected chi connectivity index (χ1v) is 3.19. The van der Waals surface area contributed by atoms with Crippen LogP contribution in [0, 0.1) is 0 Å². The summed E-state index contributed by atoms with van der Waals surface area (Å²) < 4.78 is 25.5. The van der Waals surface area contributed by atoms with E-state index in [1.807, 2.05) is 0 Å². The van der Waals surface area contributed by atoms with Crippen LogP contribution in [0.5, 0.6) is 0 Å². The molecule has 7 heteroatoms. The molecule has 1 N–H and O–H groups in total. The van der Waals surface area contributed by atoms with Crippen molar-refractivity contribution in [1.82, 2.24) is 0 Å². The monoisotopic (exact) mass is 350 g/mol. The molecule has 0 aliphatic rings. The van der Waals surface area contributed by atoms with Crippen LogP contribution in [0.1, 0.15) is 0 Å². The molecule has 0 radical (unpaired) electrons. The predicted octanol–water partition coefficient (Wildman–Crippen LogP) is -2.11. The van der Waals surface area contributed by atoms with Gasteiger partial charge >= 0.3 is 64.9 Å². The van der Waals surface area contributed by atoms with Gasteiger partial charge in [0, 0.05) is 0 Å². The van der Waals surface area contributed by atoms with E-state index in [0.29, 0.717) is 0 Å². The Morgan fingerprint density at radius 3 is 1.43 bits per heavy atom. The summed E-state index contributed by atoms with van der Waals surface area (Å²) >= 11 is 2.65. The Bertz CT molecular complexity index is 96.1. The Labute approximate surface area is 88.2 Å². The van der Waals surface area contributed by atoms with Gasteiger partial charge in [-0.2, -0.15) is 8.42 Å². The van der Waals surface area contributed by atoms with Crippen LogP contribution in [-0.2, 0) is 9.15 Å². The third-order valence-electron chi connectivity index (χ3n) is 0. The predicted molar refractivity (Wildman–Crippen MR) is 37.6 cm³/mol. The first-order valence-electron chi connectivity index (χ1n) is 0.698. The van der Waals surface area contributed by atoms with E-state index < -0.39 is 9.15 Å². The van der Waals surface area contributed by atoms with E-state index in [1.54, 1.807) is 0 Å². The molecule has 3 nitrogen and oxygen atoms in total. The van der Waals surface area contributed by atoms with E-state index in [0.717, 1.165) is 0 Å². The molecule has 0 unspecified atom stereocenters. The molecule has 0 aromatic carbocycles. The third-order valence-corrected chi connectivity index (χ3v) is 0. The molecule has 0 aliphatic carbocycles. The van der Waals surface area contributed by atoms with Crippen LogP contribution in [0.3, 0.4) is 0 Å². The average Bonchev–Trinajstić information content (AvgIpc) is 0.722. The zero-order valence-corrected chi connectivity index (χ0v) is 10.0. The van der Waals surface area contributed by atoms with Crippen molar-refractivity contribution in [3.63, 3.8) is 0 Å². The van der Waals surface area contributed by atoms with Gasteiger partial charge in [0.15, 0.2) is 0 Å². The van der Waals surface area contributed by atoms with E-state index in [-0.39, 0.29) is 55.8 Å². The third kappa shape index (κ3) is 66.9. The molecule has 7 heavy (non-hydrogen) atoms. The summed E-state index contributed by atoms with van der Waals surface area (Å²) in [4.78, 5) is 0. The number of thiol groups is 1. The molecule has 0 aromatic heterocycles. The first kappa shape index (κ1) is 16.1. The van der Waals surface area contributed by atoms with Crippen molar-refractivity contribution < 1.29 is 13.0 Å². The zero-order valence-electron chi connectivity index (χ0n) is 2.83. The van der Waals surface area contributed by atoms with Crippen LogP contribution >= 0.6 is 11.7 Å². The van der Waals surface area contributed by atoms with Gasteiger partial charge in [-0.25, -0.2) is 0 Å². The molecule has 0 fully saturated rings. The van der Waals surface area contributed by atoms with E-state index in [1.165, 1.54) is 0 Å². The van der Waals surface area contributed by atoms with Gasteiger partial charge in [-0.15, -0.1) is 0 Å². The summed E-state index contributed by atoms with van der Waals surface area (Å²) in [5.74, 6) is 0. The number of hydrogen-bond donors (Lipinski definition) is 2. The van der Waals surface area contributed by atoms with Crippen LogP contribution in [0.15, 0.2) is 0 Å². The van der Waals surface area contributed by atoms with Gasteiger partial charge in [0.2, 0.25) is 0 Å². The summed E-state index contributed by atoms with van der Waals surface area (Å²) in [6.07, 6.45) is 0. The fraction of sp³-hybridized carbons (Fsp3) is 0. The van der Waals surface area contributed by atoms with Crippen molar-refractivity contribution in [2.75, 3.05) is 0 Å². The molecule has 0 aromatic rings. The first-order chi connectivity index (χ1) is 2.00. The molecular weight excluding hydrogens is 344 g/mol. The summed E-state index contributed by atoms with van der Waals surface area (Å²) in [6, 6.07) is 0. The second-order valence-corrected chi connectivity index (χ2v) is 2.73. The van der Waals surface area contributed by atoms with Gasteiger partial charge < -0.3 is 0 Å². The summed E-state index contributed by atoms with van der Waals surface area (Å²) in [6.45, 7) is 0. The Hall–Kier alpha value is 2.14. The van der Waals surface area contributed by atoms with E-state index >= 15 is 0 Å².